The average molecular weight is 474 g/mol. The molecule has 4 aromatic rings. The van der Waals surface area contributed by atoms with Crippen LogP contribution < -0.4 is 15.0 Å². The number of para-hydroxylation sites is 2. The number of non-ortho nitro benzene ring substituents is 1. The number of ketones is 1. The Balaban J connectivity index is 1.38. The zero-order valence-corrected chi connectivity index (χ0v) is 19.1. The Morgan fingerprint density at radius 3 is 2.71 bits per heavy atom. The molecule has 1 aliphatic heterocycles. The lowest BCUT2D eigenvalue weighted by Crippen LogP contribution is -2.33. The Hall–Kier alpha value is -4.47. The van der Waals surface area contributed by atoms with Crippen LogP contribution in [-0.2, 0) is 13.1 Å². The highest BCUT2D eigenvalue weighted by atomic mass is 16.6. The van der Waals surface area contributed by atoms with Crippen molar-refractivity contribution in [2.24, 2.45) is 0 Å². The molecule has 1 atom stereocenters. The molecule has 0 N–H and O–H groups in total. The summed E-state index contributed by atoms with van der Waals surface area (Å²) in [6.07, 6.45) is 1.07. The number of aryl methyl sites for hydroxylation is 1. The fourth-order valence-electron chi connectivity index (χ4n) is 4.33. The van der Waals surface area contributed by atoms with E-state index in [2.05, 4.69) is 4.98 Å². The summed E-state index contributed by atoms with van der Waals surface area (Å²) in [5, 5.41) is 11.2. The second-order valence-electron chi connectivity index (χ2n) is 8.45. The molecule has 10 nitrogen and oxygen atoms in total. The molecule has 1 aliphatic rings. The van der Waals surface area contributed by atoms with Gasteiger partial charge in [0.15, 0.2) is 23.4 Å². The molecule has 2 aromatic carbocycles. The first-order valence-corrected chi connectivity index (χ1v) is 11.0. The topological polar surface area (TPSA) is 118 Å². The van der Waals surface area contributed by atoms with Crippen molar-refractivity contribution in [2.45, 2.75) is 33.0 Å². The minimum Gasteiger partial charge on any atom is -0.486 e. The number of nitro groups is 1. The van der Waals surface area contributed by atoms with E-state index in [1.54, 1.807) is 6.07 Å². The van der Waals surface area contributed by atoms with Crippen molar-refractivity contribution in [1.82, 2.24) is 14.1 Å². The van der Waals surface area contributed by atoms with Crippen LogP contribution in [0.1, 0.15) is 21.7 Å². The maximum Gasteiger partial charge on any atom is 0.270 e. The van der Waals surface area contributed by atoms with E-state index < -0.39 is 10.5 Å². The van der Waals surface area contributed by atoms with Crippen molar-refractivity contribution in [3.8, 4) is 11.5 Å². The van der Waals surface area contributed by atoms with Gasteiger partial charge in [0.25, 0.3) is 11.2 Å². The van der Waals surface area contributed by atoms with Crippen LogP contribution in [0.25, 0.3) is 10.9 Å². The van der Waals surface area contributed by atoms with Gasteiger partial charge >= 0.3 is 0 Å². The van der Waals surface area contributed by atoms with E-state index in [1.165, 1.54) is 29.1 Å². The molecular weight excluding hydrogens is 452 g/mol. The Morgan fingerprint density at radius 2 is 1.94 bits per heavy atom. The summed E-state index contributed by atoms with van der Waals surface area (Å²) in [5.74, 6) is 1.13. The quantitative estimate of drug-likeness (QED) is 0.239. The Bertz CT molecular complexity index is 1540. The predicted molar refractivity (Wildman–Crippen MR) is 127 cm³/mol. The van der Waals surface area contributed by atoms with Crippen LogP contribution in [-0.4, -0.2) is 37.5 Å². The van der Waals surface area contributed by atoms with E-state index in [-0.39, 0.29) is 29.5 Å². The van der Waals surface area contributed by atoms with Crippen molar-refractivity contribution in [1.29, 1.82) is 0 Å². The third-order valence-electron chi connectivity index (χ3n) is 6.16. The minimum absolute atomic E-state index is 0.0923. The van der Waals surface area contributed by atoms with Gasteiger partial charge in [0.2, 0.25) is 0 Å². The van der Waals surface area contributed by atoms with Gasteiger partial charge < -0.3 is 14.0 Å². The van der Waals surface area contributed by atoms with Crippen LogP contribution in [0.2, 0.25) is 0 Å². The third kappa shape index (κ3) is 4.14. The van der Waals surface area contributed by atoms with Gasteiger partial charge in [-0.25, -0.2) is 4.98 Å². The number of benzene rings is 2. The molecule has 0 amide bonds. The van der Waals surface area contributed by atoms with Crippen LogP contribution in [0.5, 0.6) is 11.5 Å². The molecule has 2 aromatic heterocycles. The minimum atomic E-state index is -0.574. The second-order valence-corrected chi connectivity index (χ2v) is 8.45. The maximum absolute atomic E-state index is 13.2. The van der Waals surface area contributed by atoms with E-state index in [0.29, 0.717) is 35.7 Å². The summed E-state index contributed by atoms with van der Waals surface area (Å²) in [7, 11) is 0. The molecule has 5 rings (SSSR count). The molecule has 35 heavy (non-hydrogen) atoms. The third-order valence-corrected chi connectivity index (χ3v) is 6.16. The fourth-order valence-corrected chi connectivity index (χ4v) is 4.33. The molecule has 0 radical (unpaired) electrons. The predicted octanol–water partition coefficient (Wildman–Crippen LogP) is 3.45. The SMILES string of the molecule is Cc1cc(C(=O)Cn2cnc3ccc([N+](=O)[O-])cc3c2=O)c(C)n1C[C@H]1COc2ccccc2O1. The normalized spacial score (nSPS) is 14.7. The summed E-state index contributed by atoms with van der Waals surface area (Å²) in [4.78, 5) is 40.7. The zero-order chi connectivity index (χ0) is 24.7. The smallest absolute Gasteiger partial charge is 0.270 e. The molecule has 3 heterocycles. The summed E-state index contributed by atoms with van der Waals surface area (Å²) in [6.45, 7) is 4.42. The van der Waals surface area contributed by atoms with E-state index in [0.717, 1.165) is 11.4 Å². The molecule has 0 bridgehead atoms. The number of aromatic nitrogens is 3. The first-order chi connectivity index (χ1) is 16.8. The van der Waals surface area contributed by atoms with E-state index in [9.17, 15) is 19.7 Å². The lowest BCUT2D eigenvalue weighted by molar-refractivity contribution is -0.384. The molecular formula is C25H22N4O6. The van der Waals surface area contributed by atoms with Crippen LogP contribution >= 0.6 is 0 Å². The van der Waals surface area contributed by atoms with Crippen molar-refractivity contribution in [3.63, 3.8) is 0 Å². The summed E-state index contributed by atoms with van der Waals surface area (Å²) < 4.78 is 15.0. The number of nitrogens with zero attached hydrogens (tertiary/aromatic N) is 4. The Morgan fingerprint density at radius 1 is 1.17 bits per heavy atom. The average Bonchev–Trinajstić information content (AvgIpc) is 3.14. The lowest BCUT2D eigenvalue weighted by atomic mass is 10.1. The van der Waals surface area contributed by atoms with Gasteiger partial charge in [-0.15, -0.1) is 0 Å². The van der Waals surface area contributed by atoms with Crippen molar-refractivity contribution in [3.05, 3.63) is 92.3 Å². The van der Waals surface area contributed by atoms with Gasteiger partial charge in [-0.2, -0.15) is 0 Å². The molecule has 0 aliphatic carbocycles. The summed E-state index contributed by atoms with van der Waals surface area (Å²) in [6, 6.07) is 13.2. The molecule has 0 unspecified atom stereocenters. The number of ether oxygens (including phenoxy) is 2. The van der Waals surface area contributed by atoms with Crippen molar-refractivity contribution >= 4 is 22.4 Å². The van der Waals surface area contributed by atoms with Crippen LogP contribution in [0, 0.1) is 24.0 Å². The second kappa shape index (κ2) is 8.71. The number of hydrogen-bond acceptors (Lipinski definition) is 7. The monoisotopic (exact) mass is 474 g/mol. The van der Waals surface area contributed by atoms with Gasteiger partial charge in [-0.3, -0.25) is 24.3 Å². The number of carbonyl (C=O) groups is 1. The molecule has 0 spiro atoms. The maximum atomic E-state index is 13.2. The highest BCUT2D eigenvalue weighted by Crippen LogP contribution is 2.31. The van der Waals surface area contributed by atoms with E-state index in [4.69, 9.17) is 9.47 Å². The van der Waals surface area contributed by atoms with E-state index >= 15 is 0 Å². The number of Topliss-reactive ketones (excluding diaryl/α,β-unsaturated/α-hetero) is 1. The highest BCUT2D eigenvalue weighted by Gasteiger charge is 2.24. The first-order valence-electron chi connectivity index (χ1n) is 11.0. The van der Waals surface area contributed by atoms with Gasteiger partial charge in [0.05, 0.1) is 35.2 Å². The molecule has 178 valence electrons. The number of rotatable bonds is 6. The number of hydrogen-bond donors (Lipinski definition) is 0. The number of fused-ring (bicyclic) bond motifs is 2. The summed E-state index contributed by atoms with van der Waals surface area (Å²) >= 11 is 0. The summed E-state index contributed by atoms with van der Waals surface area (Å²) in [5.41, 5.74) is 1.75. The van der Waals surface area contributed by atoms with Crippen LogP contribution in [0.3, 0.4) is 0 Å². The number of nitro benzene ring substituents is 1. The largest absolute Gasteiger partial charge is 0.486 e. The Kier molecular flexibility index (Phi) is 5.56. The van der Waals surface area contributed by atoms with Gasteiger partial charge in [-0.05, 0) is 38.1 Å². The Labute approximate surface area is 199 Å². The lowest BCUT2D eigenvalue weighted by Gasteiger charge is -2.27. The van der Waals surface area contributed by atoms with Gasteiger partial charge in [0, 0.05) is 29.1 Å². The standard InChI is InChI=1S/C25H22N4O6/c1-15-9-19(16(2)28(15)11-18-13-34-23-5-3-4-6-24(23)35-18)22(30)12-27-14-26-21-8-7-17(29(32)33)10-20(21)25(27)31/h3-10,14,18H,11-13H2,1-2H3/t18-/m0/s1. The van der Waals surface area contributed by atoms with Gasteiger partial charge in [0.1, 0.15) is 6.61 Å². The number of carbonyl (C=O) groups excluding carboxylic acids is 1. The molecule has 0 saturated carbocycles. The van der Waals surface area contributed by atoms with E-state index in [1.807, 2.05) is 42.7 Å². The van der Waals surface area contributed by atoms with Crippen LogP contribution in [0.4, 0.5) is 5.69 Å². The van der Waals surface area contributed by atoms with Crippen molar-refractivity contribution in [2.75, 3.05) is 6.61 Å². The fraction of sp³-hybridized carbons (Fsp3) is 0.240. The first kappa shape index (κ1) is 22.3. The van der Waals surface area contributed by atoms with Crippen molar-refractivity contribution < 1.29 is 19.2 Å². The van der Waals surface area contributed by atoms with Crippen LogP contribution in [0.15, 0.2) is 59.7 Å². The zero-order valence-electron chi connectivity index (χ0n) is 19.1. The van der Waals surface area contributed by atoms with Gasteiger partial charge in [-0.1, -0.05) is 12.1 Å². The molecule has 0 fully saturated rings. The molecule has 0 saturated heterocycles. The highest BCUT2D eigenvalue weighted by molar-refractivity contribution is 5.97. The molecule has 10 heteroatoms.